The van der Waals surface area contributed by atoms with Gasteiger partial charge in [0.1, 0.15) is 0 Å². The third kappa shape index (κ3) is 4.56. The third-order valence-corrected chi connectivity index (χ3v) is 1.45. The van der Waals surface area contributed by atoms with Gasteiger partial charge in [0.2, 0.25) is 0 Å². The van der Waals surface area contributed by atoms with Gasteiger partial charge in [-0.15, -0.1) is 0 Å². The molecule has 0 saturated carbocycles. The van der Waals surface area contributed by atoms with Gasteiger partial charge in [-0.05, 0) is 11.4 Å². The van der Waals surface area contributed by atoms with Crippen LogP contribution in [0.1, 0.15) is 13.8 Å². The monoisotopic (exact) mass is 167 g/mol. The maximum atomic E-state index is 8.64. The van der Waals surface area contributed by atoms with Gasteiger partial charge in [-0.2, -0.15) is 5.26 Å². The topological polar surface area (TPSA) is 84.6 Å². The molecule has 5 heteroatoms. The lowest BCUT2D eigenvalue weighted by molar-refractivity contribution is 0.478. The highest BCUT2D eigenvalue weighted by Gasteiger charge is 2.09. The van der Waals surface area contributed by atoms with Crippen molar-refractivity contribution in [1.82, 2.24) is 5.32 Å². The summed E-state index contributed by atoms with van der Waals surface area (Å²) in [7, 11) is 0. The number of rotatable bonds is 5. The molecule has 0 spiro atoms. The van der Waals surface area contributed by atoms with Crippen LogP contribution in [0.2, 0.25) is 0 Å². The van der Waals surface area contributed by atoms with E-state index in [4.69, 9.17) is 10.8 Å². The van der Waals surface area contributed by atoms with Crippen LogP contribution in [0.3, 0.4) is 0 Å². The Morgan fingerprint density at radius 1 is 1.67 bits per heavy atom. The Labute approximate surface area is 72.0 Å². The lowest BCUT2D eigenvalue weighted by atomic mass is 10.1. The van der Waals surface area contributed by atoms with E-state index in [1.54, 1.807) is 0 Å². The molecule has 0 aliphatic rings. The van der Waals surface area contributed by atoms with Crippen LogP contribution < -0.4 is 5.32 Å². The molecule has 0 fully saturated rings. The molecule has 0 aliphatic heterocycles. The molecule has 0 rings (SSSR count). The van der Waals surface area contributed by atoms with Gasteiger partial charge in [-0.3, -0.25) is 0 Å². The first-order chi connectivity index (χ1) is 5.72. The fraction of sp³-hybridized carbons (Fsp3) is 0.857. The van der Waals surface area contributed by atoms with Gasteiger partial charge in [0.15, 0.2) is 0 Å². The second-order valence-corrected chi connectivity index (χ2v) is 2.76. The van der Waals surface area contributed by atoms with Crippen molar-refractivity contribution in [3.05, 3.63) is 10.4 Å². The fourth-order valence-electron chi connectivity index (χ4n) is 0.745. The van der Waals surface area contributed by atoms with Crippen LogP contribution in [0.5, 0.6) is 0 Å². The molecule has 5 nitrogen and oxygen atoms in total. The zero-order chi connectivity index (χ0) is 9.40. The van der Waals surface area contributed by atoms with Crippen LogP contribution in [0.25, 0.3) is 10.4 Å². The Bertz CT molecular complexity index is 198. The van der Waals surface area contributed by atoms with Crippen LogP contribution in [0, 0.1) is 17.2 Å². The lowest BCUT2D eigenvalue weighted by Crippen LogP contribution is -2.33. The fourth-order valence-corrected chi connectivity index (χ4v) is 0.745. The Morgan fingerprint density at radius 2 is 2.33 bits per heavy atom. The Hall–Kier alpha value is -1.24. The van der Waals surface area contributed by atoms with E-state index in [0.717, 1.165) is 0 Å². The number of nitriles is 1. The summed E-state index contributed by atoms with van der Waals surface area (Å²) in [6.07, 6.45) is 0. The SMILES string of the molecule is CC(C)C(C#N)NCCN=[N+]=[N-]. The molecule has 0 aromatic rings. The number of azide groups is 1. The van der Waals surface area contributed by atoms with Crippen LogP contribution in [0.15, 0.2) is 5.11 Å². The molecule has 0 heterocycles. The normalized spacial score (nSPS) is 11.8. The summed E-state index contributed by atoms with van der Waals surface area (Å²) in [6, 6.07) is 1.98. The van der Waals surface area contributed by atoms with Crippen LogP contribution in [-0.2, 0) is 0 Å². The molecule has 0 radical (unpaired) electrons. The first kappa shape index (κ1) is 10.8. The maximum Gasteiger partial charge on any atom is 0.0976 e. The highest BCUT2D eigenvalue weighted by molar-refractivity contribution is 4.91. The van der Waals surface area contributed by atoms with Crippen molar-refractivity contribution in [2.75, 3.05) is 13.1 Å². The summed E-state index contributed by atoms with van der Waals surface area (Å²) in [6.45, 7) is 4.88. The standard InChI is InChI=1S/C7H13N5/c1-6(2)7(5-8)10-3-4-11-12-9/h6-7,10H,3-4H2,1-2H3. The van der Waals surface area contributed by atoms with Crippen molar-refractivity contribution in [2.24, 2.45) is 11.0 Å². The van der Waals surface area contributed by atoms with E-state index in [0.29, 0.717) is 13.1 Å². The van der Waals surface area contributed by atoms with E-state index in [-0.39, 0.29) is 12.0 Å². The first-order valence-corrected chi connectivity index (χ1v) is 3.86. The second kappa shape index (κ2) is 6.47. The third-order valence-electron chi connectivity index (χ3n) is 1.45. The molecule has 1 N–H and O–H groups in total. The summed E-state index contributed by atoms with van der Waals surface area (Å²) in [5.41, 5.74) is 7.96. The van der Waals surface area contributed by atoms with Crippen molar-refractivity contribution in [3.63, 3.8) is 0 Å². The molecule has 0 bridgehead atoms. The van der Waals surface area contributed by atoms with Crippen molar-refractivity contribution < 1.29 is 0 Å². The van der Waals surface area contributed by atoms with Crippen LogP contribution in [0.4, 0.5) is 0 Å². The number of hydrogen-bond donors (Lipinski definition) is 1. The van der Waals surface area contributed by atoms with Crippen LogP contribution >= 0.6 is 0 Å². The highest BCUT2D eigenvalue weighted by atomic mass is 15.1. The largest absolute Gasteiger partial charge is 0.302 e. The predicted molar refractivity (Wildman–Crippen MR) is 46.3 cm³/mol. The Morgan fingerprint density at radius 3 is 2.75 bits per heavy atom. The van der Waals surface area contributed by atoms with E-state index < -0.39 is 0 Å². The van der Waals surface area contributed by atoms with Gasteiger partial charge in [0, 0.05) is 18.0 Å². The highest BCUT2D eigenvalue weighted by Crippen LogP contribution is 1.98. The second-order valence-electron chi connectivity index (χ2n) is 2.76. The van der Waals surface area contributed by atoms with Crippen molar-refractivity contribution in [3.8, 4) is 6.07 Å². The van der Waals surface area contributed by atoms with Crippen molar-refractivity contribution in [2.45, 2.75) is 19.9 Å². The van der Waals surface area contributed by atoms with E-state index in [1.807, 2.05) is 13.8 Å². The molecule has 0 amide bonds. The smallest absolute Gasteiger partial charge is 0.0976 e. The average Bonchev–Trinajstić information content (AvgIpc) is 2.04. The summed E-state index contributed by atoms with van der Waals surface area (Å²) >= 11 is 0. The Kier molecular flexibility index (Phi) is 5.80. The minimum atomic E-state index is -0.154. The molecule has 0 saturated heterocycles. The number of nitrogens with zero attached hydrogens (tertiary/aromatic N) is 4. The van der Waals surface area contributed by atoms with Gasteiger partial charge >= 0.3 is 0 Å². The van der Waals surface area contributed by atoms with E-state index in [2.05, 4.69) is 21.4 Å². The maximum absolute atomic E-state index is 8.64. The molecule has 12 heavy (non-hydrogen) atoms. The van der Waals surface area contributed by atoms with Gasteiger partial charge < -0.3 is 5.32 Å². The molecular formula is C7H13N5. The summed E-state index contributed by atoms with van der Waals surface area (Å²) in [5.74, 6) is 0.279. The van der Waals surface area contributed by atoms with Crippen LogP contribution in [-0.4, -0.2) is 19.1 Å². The van der Waals surface area contributed by atoms with Crippen molar-refractivity contribution >= 4 is 0 Å². The molecule has 0 aromatic heterocycles. The van der Waals surface area contributed by atoms with E-state index in [1.165, 1.54) is 0 Å². The molecule has 0 aliphatic carbocycles. The molecular weight excluding hydrogens is 154 g/mol. The average molecular weight is 167 g/mol. The minimum Gasteiger partial charge on any atom is -0.302 e. The number of hydrogen-bond acceptors (Lipinski definition) is 3. The van der Waals surface area contributed by atoms with E-state index in [9.17, 15) is 0 Å². The molecule has 66 valence electrons. The molecule has 0 aromatic carbocycles. The van der Waals surface area contributed by atoms with Crippen molar-refractivity contribution in [1.29, 1.82) is 5.26 Å². The van der Waals surface area contributed by atoms with E-state index >= 15 is 0 Å². The summed E-state index contributed by atoms with van der Waals surface area (Å²) in [5, 5.41) is 15.0. The zero-order valence-electron chi connectivity index (χ0n) is 7.36. The minimum absolute atomic E-state index is 0.154. The first-order valence-electron chi connectivity index (χ1n) is 3.86. The lowest BCUT2D eigenvalue weighted by Gasteiger charge is -2.13. The van der Waals surface area contributed by atoms with Gasteiger partial charge in [-0.1, -0.05) is 19.0 Å². The quantitative estimate of drug-likeness (QED) is 0.291. The zero-order valence-corrected chi connectivity index (χ0v) is 7.36. The molecule has 1 unspecified atom stereocenters. The predicted octanol–water partition coefficient (Wildman–Crippen LogP) is 1.43. The van der Waals surface area contributed by atoms with Gasteiger partial charge in [0.05, 0.1) is 12.1 Å². The Balaban J connectivity index is 3.60. The van der Waals surface area contributed by atoms with Gasteiger partial charge in [-0.25, -0.2) is 0 Å². The number of nitrogens with one attached hydrogen (secondary N) is 1. The summed E-state index contributed by atoms with van der Waals surface area (Å²) < 4.78 is 0. The summed E-state index contributed by atoms with van der Waals surface area (Å²) in [4.78, 5) is 2.61. The molecule has 1 atom stereocenters. The van der Waals surface area contributed by atoms with Gasteiger partial charge in [0.25, 0.3) is 0 Å².